The molecule has 1 fully saturated rings. The Balaban J connectivity index is 2.00. The summed E-state index contributed by atoms with van der Waals surface area (Å²) in [5.41, 5.74) is 7.01. The van der Waals surface area contributed by atoms with Crippen LogP contribution in [-0.4, -0.2) is 33.8 Å². The number of hydrogen-bond donors (Lipinski definition) is 1. The molecule has 2 atom stereocenters. The topological polar surface area (TPSA) is 47.1 Å². The first-order valence-electron chi connectivity index (χ1n) is 6.60. The van der Waals surface area contributed by atoms with Gasteiger partial charge >= 0.3 is 0 Å². The van der Waals surface area contributed by atoms with Gasteiger partial charge in [-0.1, -0.05) is 6.92 Å². The van der Waals surface area contributed by atoms with Crippen molar-refractivity contribution in [1.29, 1.82) is 0 Å². The van der Waals surface area contributed by atoms with Crippen LogP contribution in [0.15, 0.2) is 12.3 Å². The van der Waals surface area contributed by atoms with Crippen LogP contribution < -0.4 is 5.73 Å². The fourth-order valence-corrected chi connectivity index (χ4v) is 2.62. The lowest BCUT2D eigenvalue weighted by atomic mass is 10.0. The lowest BCUT2D eigenvalue weighted by Gasteiger charge is -2.24. The summed E-state index contributed by atoms with van der Waals surface area (Å²) in [5.74, 6) is 0.715. The Morgan fingerprint density at radius 3 is 2.88 bits per heavy atom. The summed E-state index contributed by atoms with van der Waals surface area (Å²) in [5, 5.41) is 4.60. The van der Waals surface area contributed by atoms with E-state index in [-0.39, 0.29) is 0 Å². The fourth-order valence-electron chi connectivity index (χ4n) is 2.62. The number of hydrogen-bond acceptors (Lipinski definition) is 3. The SMILES string of the molecule is CC1CCN(Cc2ccn(C(C)C)n2)C1CN. The number of nitrogens with two attached hydrogens (primary N) is 1. The van der Waals surface area contributed by atoms with Gasteiger partial charge in [0.25, 0.3) is 0 Å². The molecule has 2 rings (SSSR count). The third-order valence-electron chi connectivity index (χ3n) is 3.80. The third kappa shape index (κ3) is 2.69. The van der Waals surface area contributed by atoms with E-state index in [0.29, 0.717) is 18.0 Å². The molecule has 2 heterocycles. The van der Waals surface area contributed by atoms with Crippen LogP contribution in [0.25, 0.3) is 0 Å². The van der Waals surface area contributed by atoms with Gasteiger partial charge in [-0.15, -0.1) is 0 Å². The Bertz CT molecular complexity index is 358. The zero-order valence-corrected chi connectivity index (χ0v) is 11.1. The number of rotatable bonds is 4. The smallest absolute Gasteiger partial charge is 0.0765 e. The van der Waals surface area contributed by atoms with Crippen LogP contribution in [0.5, 0.6) is 0 Å². The van der Waals surface area contributed by atoms with Gasteiger partial charge < -0.3 is 5.73 Å². The molecular formula is C13H24N4. The molecule has 0 spiro atoms. The Labute approximate surface area is 104 Å². The second kappa shape index (κ2) is 5.19. The summed E-state index contributed by atoms with van der Waals surface area (Å²) in [6.07, 6.45) is 3.32. The summed E-state index contributed by atoms with van der Waals surface area (Å²) >= 11 is 0. The molecule has 2 unspecified atom stereocenters. The molecule has 0 aromatic carbocycles. The van der Waals surface area contributed by atoms with Crippen LogP contribution in [0.4, 0.5) is 0 Å². The second-order valence-corrected chi connectivity index (χ2v) is 5.42. The van der Waals surface area contributed by atoms with Crippen molar-refractivity contribution in [3.63, 3.8) is 0 Å². The van der Waals surface area contributed by atoms with Crippen molar-refractivity contribution >= 4 is 0 Å². The minimum Gasteiger partial charge on any atom is -0.329 e. The first kappa shape index (κ1) is 12.6. The fraction of sp³-hybridized carbons (Fsp3) is 0.769. The Morgan fingerprint density at radius 2 is 2.29 bits per heavy atom. The van der Waals surface area contributed by atoms with E-state index in [9.17, 15) is 0 Å². The maximum absolute atomic E-state index is 5.85. The largest absolute Gasteiger partial charge is 0.329 e. The van der Waals surface area contributed by atoms with E-state index in [2.05, 4.69) is 43.0 Å². The highest BCUT2D eigenvalue weighted by Crippen LogP contribution is 2.24. The average molecular weight is 236 g/mol. The molecule has 1 aliphatic heterocycles. The predicted molar refractivity (Wildman–Crippen MR) is 69.6 cm³/mol. The minimum absolute atomic E-state index is 0.437. The molecule has 2 N–H and O–H groups in total. The van der Waals surface area contributed by atoms with Gasteiger partial charge in [0, 0.05) is 31.4 Å². The molecule has 0 amide bonds. The minimum atomic E-state index is 0.437. The molecule has 1 aromatic rings. The van der Waals surface area contributed by atoms with Gasteiger partial charge in [-0.05, 0) is 38.8 Å². The van der Waals surface area contributed by atoms with E-state index in [0.717, 1.165) is 25.3 Å². The van der Waals surface area contributed by atoms with Gasteiger partial charge in [0.2, 0.25) is 0 Å². The molecule has 0 bridgehead atoms. The van der Waals surface area contributed by atoms with E-state index in [1.807, 2.05) is 4.68 Å². The number of aromatic nitrogens is 2. The van der Waals surface area contributed by atoms with Crippen molar-refractivity contribution in [2.75, 3.05) is 13.1 Å². The van der Waals surface area contributed by atoms with Crippen LogP contribution >= 0.6 is 0 Å². The van der Waals surface area contributed by atoms with Crippen molar-refractivity contribution in [3.05, 3.63) is 18.0 Å². The molecule has 1 aromatic heterocycles. The molecule has 96 valence electrons. The van der Waals surface area contributed by atoms with Crippen LogP contribution in [0.2, 0.25) is 0 Å². The first-order chi connectivity index (χ1) is 8.11. The van der Waals surface area contributed by atoms with Crippen LogP contribution in [0.3, 0.4) is 0 Å². The molecule has 1 aliphatic rings. The van der Waals surface area contributed by atoms with E-state index >= 15 is 0 Å². The van der Waals surface area contributed by atoms with Gasteiger partial charge in [-0.25, -0.2) is 0 Å². The van der Waals surface area contributed by atoms with Crippen LogP contribution in [0, 0.1) is 5.92 Å². The van der Waals surface area contributed by atoms with Gasteiger partial charge in [0.1, 0.15) is 0 Å². The zero-order valence-electron chi connectivity index (χ0n) is 11.1. The highest BCUT2D eigenvalue weighted by molar-refractivity contribution is 5.01. The quantitative estimate of drug-likeness (QED) is 0.864. The standard InChI is InChI=1S/C13H24N4/c1-10(2)17-7-5-12(15-17)9-16-6-4-11(3)13(16)8-14/h5,7,10-11,13H,4,6,8-9,14H2,1-3H3. The summed E-state index contributed by atoms with van der Waals surface area (Å²) in [4.78, 5) is 2.47. The Morgan fingerprint density at radius 1 is 1.53 bits per heavy atom. The maximum atomic E-state index is 5.85. The predicted octanol–water partition coefficient (Wildman–Crippen LogP) is 1.63. The third-order valence-corrected chi connectivity index (χ3v) is 3.80. The maximum Gasteiger partial charge on any atom is 0.0765 e. The molecule has 17 heavy (non-hydrogen) atoms. The lowest BCUT2D eigenvalue weighted by molar-refractivity contribution is 0.225. The van der Waals surface area contributed by atoms with Crippen LogP contribution in [-0.2, 0) is 6.54 Å². The van der Waals surface area contributed by atoms with E-state index in [1.54, 1.807) is 0 Å². The molecular weight excluding hydrogens is 212 g/mol. The summed E-state index contributed by atoms with van der Waals surface area (Å²) in [6, 6.07) is 3.09. The highest BCUT2D eigenvalue weighted by Gasteiger charge is 2.30. The summed E-state index contributed by atoms with van der Waals surface area (Å²) in [7, 11) is 0. The average Bonchev–Trinajstić information content (AvgIpc) is 2.87. The van der Waals surface area contributed by atoms with Crippen molar-refractivity contribution in [1.82, 2.24) is 14.7 Å². The molecule has 1 saturated heterocycles. The summed E-state index contributed by atoms with van der Waals surface area (Å²) < 4.78 is 2.02. The Hall–Kier alpha value is -0.870. The molecule has 0 aliphatic carbocycles. The molecule has 4 heteroatoms. The molecule has 0 saturated carbocycles. The zero-order chi connectivity index (χ0) is 12.4. The lowest BCUT2D eigenvalue weighted by Crippen LogP contribution is -2.37. The van der Waals surface area contributed by atoms with E-state index in [1.165, 1.54) is 6.42 Å². The van der Waals surface area contributed by atoms with Crippen LogP contribution in [0.1, 0.15) is 38.9 Å². The molecule has 0 radical (unpaired) electrons. The molecule has 4 nitrogen and oxygen atoms in total. The van der Waals surface area contributed by atoms with E-state index in [4.69, 9.17) is 5.73 Å². The number of nitrogens with zero attached hydrogens (tertiary/aromatic N) is 3. The van der Waals surface area contributed by atoms with Crippen molar-refractivity contribution in [3.8, 4) is 0 Å². The van der Waals surface area contributed by atoms with E-state index < -0.39 is 0 Å². The highest BCUT2D eigenvalue weighted by atomic mass is 15.3. The van der Waals surface area contributed by atoms with Gasteiger partial charge in [-0.2, -0.15) is 5.10 Å². The van der Waals surface area contributed by atoms with Gasteiger partial charge in [0.05, 0.1) is 5.69 Å². The Kier molecular flexibility index (Phi) is 3.84. The summed E-state index contributed by atoms with van der Waals surface area (Å²) in [6.45, 7) is 9.44. The van der Waals surface area contributed by atoms with Crippen molar-refractivity contribution < 1.29 is 0 Å². The van der Waals surface area contributed by atoms with Gasteiger partial charge in [0.15, 0.2) is 0 Å². The number of likely N-dealkylation sites (tertiary alicyclic amines) is 1. The van der Waals surface area contributed by atoms with Gasteiger partial charge in [-0.3, -0.25) is 9.58 Å². The first-order valence-corrected chi connectivity index (χ1v) is 6.60. The van der Waals surface area contributed by atoms with Crippen molar-refractivity contribution in [2.24, 2.45) is 11.7 Å². The normalized spacial score (nSPS) is 25.9. The monoisotopic (exact) mass is 236 g/mol. The second-order valence-electron chi connectivity index (χ2n) is 5.42. The van der Waals surface area contributed by atoms with Crippen molar-refractivity contribution in [2.45, 2.75) is 45.8 Å².